The number of rotatable bonds is 7. The van der Waals surface area contributed by atoms with Crippen molar-refractivity contribution in [2.24, 2.45) is 0 Å². The van der Waals surface area contributed by atoms with Crippen LogP contribution in [0.1, 0.15) is 29.3 Å². The number of benzene rings is 2. The Morgan fingerprint density at radius 1 is 0.938 bits per heavy atom. The van der Waals surface area contributed by atoms with Crippen LogP contribution in [0.5, 0.6) is 5.75 Å². The lowest BCUT2D eigenvalue weighted by Crippen LogP contribution is -2.32. The molecule has 0 saturated heterocycles. The highest BCUT2D eigenvalue weighted by Gasteiger charge is 2.39. The summed E-state index contributed by atoms with van der Waals surface area (Å²) in [5.74, 6) is 0.0344. The van der Waals surface area contributed by atoms with Gasteiger partial charge in [-0.2, -0.15) is 0 Å². The Balaban J connectivity index is 1.72. The van der Waals surface area contributed by atoms with E-state index in [9.17, 15) is 9.59 Å². The fraction of sp³-hybridized carbons (Fsp3) is 0.192. The van der Waals surface area contributed by atoms with Crippen LogP contribution < -0.4 is 10.1 Å². The molecule has 3 aromatic rings. The summed E-state index contributed by atoms with van der Waals surface area (Å²) in [6.45, 7) is 6.62. The summed E-state index contributed by atoms with van der Waals surface area (Å²) in [6.07, 6.45) is 1.65. The Kier molecular flexibility index (Phi) is 6.03. The van der Waals surface area contributed by atoms with E-state index in [-0.39, 0.29) is 24.1 Å². The SMILES string of the molecule is CCOc1ccc(NC2=C(c3ccc(C)c(C)c3)C(=O)N(Cc3ccccn3)C2=O)cc1. The summed E-state index contributed by atoms with van der Waals surface area (Å²) in [5.41, 5.74) is 4.86. The highest BCUT2D eigenvalue weighted by Crippen LogP contribution is 2.32. The molecule has 162 valence electrons. The van der Waals surface area contributed by atoms with Gasteiger partial charge in [-0.05, 0) is 73.9 Å². The van der Waals surface area contributed by atoms with Crippen molar-refractivity contribution >= 4 is 23.1 Å². The van der Waals surface area contributed by atoms with Crippen molar-refractivity contribution in [1.29, 1.82) is 0 Å². The maximum Gasteiger partial charge on any atom is 0.278 e. The molecule has 2 aromatic carbocycles. The average molecular weight is 428 g/mol. The molecule has 0 saturated carbocycles. The zero-order valence-electron chi connectivity index (χ0n) is 18.4. The molecule has 0 atom stereocenters. The molecule has 0 radical (unpaired) electrons. The van der Waals surface area contributed by atoms with Crippen LogP contribution in [0.15, 0.2) is 72.6 Å². The predicted molar refractivity (Wildman–Crippen MR) is 124 cm³/mol. The van der Waals surface area contributed by atoms with Crippen molar-refractivity contribution in [2.75, 3.05) is 11.9 Å². The first kappa shape index (κ1) is 21.3. The molecule has 0 unspecified atom stereocenters. The van der Waals surface area contributed by atoms with Gasteiger partial charge in [-0.15, -0.1) is 0 Å². The number of anilines is 1. The van der Waals surface area contributed by atoms with Crippen LogP contribution in [-0.4, -0.2) is 28.3 Å². The van der Waals surface area contributed by atoms with Crippen LogP contribution in [0.4, 0.5) is 5.69 Å². The third-order valence-electron chi connectivity index (χ3n) is 5.44. The summed E-state index contributed by atoms with van der Waals surface area (Å²) in [6, 6.07) is 18.5. The molecular formula is C26H25N3O3. The van der Waals surface area contributed by atoms with Crippen LogP contribution >= 0.6 is 0 Å². The van der Waals surface area contributed by atoms with Gasteiger partial charge in [0.05, 0.1) is 24.4 Å². The lowest BCUT2D eigenvalue weighted by atomic mass is 9.99. The number of imide groups is 1. The summed E-state index contributed by atoms with van der Waals surface area (Å²) >= 11 is 0. The van der Waals surface area contributed by atoms with E-state index in [0.29, 0.717) is 29.1 Å². The number of aryl methyl sites for hydroxylation is 2. The van der Waals surface area contributed by atoms with Gasteiger partial charge in [0.1, 0.15) is 11.4 Å². The van der Waals surface area contributed by atoms with Crippen LogP contribution in [0.3, 0.4) is 0 Å². The number of hydrogen-bond acceptors (Lipinski definition) is 5. The van der Waals surface area contributed by atoms with Crippen molar-refractivity contribution in [1.82, 2.24) is 9.88 Å². The zero-order chi connectivity index (χ0) is 22.7. The van der Waals surface area contributed by atoms with Gasteiger partial charge >= 0.3 is 0 Å². The van der Waals surface area contributed by atoms with Crippen molar-refractivity contribution in [3.63, 3.8) is 0 Å². The van der Waals surface area contributed by atoms with E-state index in [1.165, 1.54) is 4.90 Å². The normalized spacial score (nSPS) is 13.7. The minimum atomic E-state index is -0.372. The number of carbonyl (C=O) groups is 2. The molecule has 1 N–H and O–H groups in total. The standard InChI is InChI=1S/C26H25N3O3/c1-4-32-22-12-10-20(11-13-22)28-24-23(19-9-8-17(2)18(3)15-19)25(30)29(26(24)31)16-21-7-5-6-14-27-21/h5-15,28H,4,16H2,1-3H3. The fourth-order valence-corrected chi connectivity index (χ4v) is 3.60. The smallest absolute Gasteiger partial charge is 0.278 e. The van der Waals surface area contributed by atoms with E-state index in [4.69, 9.17) is 4.74 Å². The topological polar surface area (TPSA) is 71.5 Å². The first-order valence-corrected chi connectivity index (χ1v) is 10.6. The molecule has 1 aliphatic rings. The third kappa shape index (κ3) is 4.25. The first-order valence-electron chi connectivity index (χ1n) is 10.6. The third-order valence-corrected chi connectivity index (χ3v) is 5.44. The molecule has 4 rings (SSSR count). The molecule has 32 heavy (non-hydrogen) atoms. The lowest BCUT2D eigenvalue weighted by molar-refractivity contribution is -0.137. The first-order chi connectivity index (χ1) is 15.5. The molecule has 0 bridgehead atoms. The molecule has 6 heteroatoms. The fourth-order valence-electron chi connectivity index (χ4n) is 3.60. The van der Waals surface area contributed by atoms with E-state index < -0.39 is 0 Å². The number of amides is 2. The quantitative estimate of drug-likeness (QED) is 0.563. The number of hydrogen-bond donors (Lipinski definition) is 1. The van der Waals surface area contributed by atoms with Crippen LogP contribution in [0.25, 0.3) is 5.57 Å². The second kappa shape index (κ2) is 9.06. The van der Waals surface area contributed by atoms with Crippen LogP contribution in [0, 0.1) is 13.8 Å². The highest BCUT2D eigenvalue weighted by molar-refractivity contribution is 6.36. The van der Waals surface area contributed by atoms with Gasteiger partial charge in [0, 0.05) is 11.9 Å². The number of nitrogens with one attached hydrogen (secondary N) is 1. The monoisotopic (exact) mass is 427 g/mol. The Hall–Kier alpha value is -3.93. The van der Waals surface area contributed by atoms with E-state index in [0.717, 1.165) is 16.9 Å². The molecule has 1 aliphatic heterocycles. The minimum absolute atomic E-state index is 0.112. The second-order valence-electron chi connectivity index (χ2n) is 7.65. The van der Waals surface area contributed by atoms with Gasteiger partial charge in [-0.25, -0.2) is 0 Å². The number of pyridine rings is 1. The average Bonchev–Trinajstić information content (AvgIpc) is 3.02. The lowest BCUT2D eigenvalue weighted by Gasteiger charge is -2.15. The summed E-state index contributed by atoms with van der Waals surface area (Å²) < 4.78 is 5.49. The molecule has 6 nitrogen and oxygen atoms in total. The number of nitrogens with zero attached hydrogens (tertiary/aromatic N) is 2. The van der Waals surface area contributed by atoms with Gasteiger partial charge in [-0.3, -0.25) is 19.5 Å². The number of carbonyl (C=O) groups excluding carboxylic acids is 2. The maximum absolute atomic E-state index is 13.4. The Labute approximate surface area is 187 Å². The van der Waals surface area contributed by atoms with E-state index >= 15 is 0 Å². The molecule has 2 heterocycles. The van der Waals surface area contributed by atoms with Crippen molar-refractivity contribution in [3.8, 4) is 5.75 Å². The summed E-state index contributed by atoms with van der Waals surface area (Å²) in [7, 11) is 0. The van der Waals surface area contributed by atoms with Crippen molar-refractivity contribution in [2.45, 2.75) is 27.3 Å². The Morgan fingerprint density at radius 2 is 1.72 bits per heavy atom. The predicted octanol–water partition coefficient (Wildman–Crippen LogP) is 4.49. The molecule has 0 fully saturated rings. The second-order valence-corrected chi connectivity index (χ2v) is 7.65. The van der Waals surface area contributed by atoms with Crippen molar-refractivity contribution in [3.05, 3.63) is 94.9 Å². The van der Waals surface area contributed by atoms with Gasteiger partial charge in [-0.1, -0.05) is 24.3 Å². The largest absolute Gasteiger partial charge is 0.494 e. The molecule has 0 spiro atoms. The van der Waals surface area contributed by atoms with Crippen LogP contribution in [-0.2, 0) is 16.1 Å². The minimum Gasteiger partial charge on any atom is -0.494 e. The summed E-state index contributed by atoms with van der Waals surface area (Å²) in [4.78, 5) is 32.3. The molecule has 1 aromatic heterocycles. The number of aromatic nitrogens is 1. The maximum atomic E-state index is 13.4. The van der Waals surface area contributed by atoms with Gasteiger partial charge < -0.3 is 10.1 Å². The van der Waals surface area contributed by atoms with Gasteiger partial charge in [0.25, 0.3) is 11.8 Å². The summed E-state index contributed by atoms with van der Waals surface area (Å²) in [5, 5.41) is 3.18. The van der Waals surface area contributed by atoms with E-state index in [1.54, 1.807) is 18.3 Å². The van der Waals surface area contributed by atoms with E-state index in [2.05, 4.69) is 10.3 Å². The Bertz CT molecular complexity index is 1180. The highest BCUT2D eigenvalue weighted by atomic mass is 16.5. The van der Waals surface area contributed by atoms with Crippen molar-refractivity contribution < 1.29 is 14.3 Å². The molecular weight excluding hydrogens is 402 g/mol. The van der Waals surface area contributed by atoms with Gasteiger partial charge in [0.15, 0.2) is 0 Å². The van der Waals surface area contributed by atoms with E-state index in [1.807, 2.05) is 69.3 Å². The number of ether oxygens (including phenoxy) is 1. The van der Waals surface area contributed by atoms with Crippen LogP contribution in [0.2, 0.25) is 0 Å². The molecule has 2 amide bonds. The van der Waals surface area contributed by atoms with Gasteiger partial charge in [0.2, 0.25) is 0 Å². The molecule has 0 aliphatic carbocycles. The Morgan fingerprint density at radius 3 is 2.38 bits per heavy atom. The zero-order valence-corrected chi connectivity index (χ0v) is 18.4.